The molecule has 0 aliphatic heterocycles. The van der Waals surface area contributed by atoms with Crippen LogP contribution in [0.5, 0.6) is 11.5 Å². The van der Waals surface area contributed by atoms with Gasteiger partial charge in [0.1, 0.15) is 12.1 Å². The lowest BCUT2D eigenvalue weighted by atomic mass is 9.79. The fourth-order valence-corrected chi connectivity index (χ4v) is 3.48. The molecule has 0 saturated heterocycles. The first-order chi connectivity index (χ1) is 17.4. The van der Waals surface area contributed by atoms with Crippen LogP contribution in [0.1, 0.15) is 72.3 Å². The van der Waals surface area contributed by atoms with Gasteiger partial charge in [0.15, 0.2) is 11.5 Å². The van der Waals surface area contributed by atoms with Gasteiger partial charge in [-0.05, 0) is 43.4 Å². The van der Waals surface area contributed by atoms with Crippen LogP contribution < -0.4 is 15.2 Å². The minimum Gasteiger partial charge on any atom is -0.480 e. The van der Waals surface area contributed by atoms with E-state index in [1.807, 2.05) is 20.8 Å². The van der Waals surface area contributed by atoms with E-state index in [4.69, 9.17) is 29.4 Å². The van der Waals surface area contributed by atoms with E-state index in [1.165, 1.54) is 18.2 Å². The van der Waals surface area contributed by atoms with Crippen LogP contribution in [-0.2, 0) is 23.8 Å². The normalized spacial score (nSPS) is 14.2. The minimum absolute atomic E-state index is 0.0933. The van der Waals surface area contributed by atoms with Gasteiger partial charge in [0.05, 0.1) is 13.2 Å². The first-order valence-electron chi connectivity index (χ1n) is 12.4. The van der Waals surface area contributed by atoms with E-state index in [-0.39, 0.29) is 37.1 Å². The Morgan fingerprint density at radius 1 is 0.892 bits per heavy atom. The van der Waals surface area contributed by atoms with Crippen molar-refractivity contribution in [2.24, 2.45) is 17.6 Å². The van der Waals surface area contributed by atoms with E-state index >= 15 is 0 Å². The van der Waals surface area contributed by atoms with Crippen LogP contribution in [0.4, 0.5) is 9.59 Å². The van der Waals surface area contributed by atoms with Crippen molar-refractivity contribution in [3.8, 4) is 11.5 Å². The zero-order valence-electron chi connectivity index (χ0n) is 22.4. The van der Waals surface area contributed by atoms with Crippen molar-refractivity contribution in [3.05, 3.63) is 23.8 Å². The Labute approximate surface area is 217 Å². The van der Waals surface area contributed by atoms with Gasteiger partial charge in [-0.1, -0.05) is 40.7 Å². The average molecular weight is 526 g/mol. The standard InChI is InChI=1S/C26H39NO10/c1-7-11-33-25(31)36-19-10-9-18(14-20(19)37-26(32)34-12-8-2)22(23(27)24(29)30)16(5)17(6)35-21(28)13-15(3)4/h9-10,14-17,22-23H,7-8,11-13,27H2,1-6H3,(H,29,30)/t16?,17?,22?,23-/m0/s1. The molecular formula is C26H39NO10. The Bertz CT molecular complexity index is 917. The molecule has 0 amide bonds. The van der Waals surface area contributed by atoms with Crippen molar-refractivity contribution in [1.29, 1.82) is 0 Å². The van der Waals surface area contributed by atoms with Crippen LogP contribution >= 0.6 is 0 Å². The molecule has 0 radical (unpaired) electrons. The van der Waals surface area contributed by atoms with Gasteiger partial charge in [0, 0.05) is 18.3 Å². The number of aliphatic carboxylic acids is 1. The molecule has 0 aliphatic rings. The molecule has 37 heavy (non-hydrogen) atoms. The van der Waals surface area contributed by atoms with Crippen LogP contribution in [0.15, 0.2) is 18.2 Å². The number of benzene rings is 1. The Morgan fingerprint density at radius 3 is 1.92 bits per heavy atom. The summed E-state index contributed by atoms with van der Waals surface area (Å²) in [5.74, 6) is -3.33. The van der Waals surface area contributed by atoms with Crippen LogP contribution in [0, 0.1) is 11.8 Å². The molecule has 0 bridgehead atoms. The third-order valence-electron chi connectivity index (χ3n) is 5.46. The zero-order chi connectivity index (χ0) is 28.1. The van der Waals surface area contributed by atoms with Crippen molar-refractivity contribution in [3.63, 3.8) is 0 Å². The topological polar surface area (TPSA) is 161 Å². The average Bonchev–Trinajstić information content (AvgIpc) is 2.82. The summed E-state index contributed by atoms with van der Waals surface area (Å²) in [5, 5.41) is 9.69. The quantitative estimate of drug-likeness (QED) is 0.198. The highest BCUT2D eigenvalue weighted by atomic mass is 16.7. The number of carbonyl (C=O) groups is 4. The van der Waals surface area contributed by atoms with Crippen molar-refractivity contribution in [2.75, 3.05) is 13.2 Å². The first kappa shape index (κ1) is 31.7. The molecule has 1 aromatic carbocycles. The smallest absolute Gasteiger partial charge is 0.480 e. The van der Waals surface area contributed by atoms with E-state index in [0.29, 0.717) is 18.4 Å². The van der Waals surface area contributed by atoms with Crippen molar-refractivity contribution in [1.82, 2.24) is 0 Å². The number of rotatable bonds is 14. The number of carboxylic acids is 1. The molecule has 11 nitrogen and oxygen atoms in total. The summed E-state index contributed by atoms with van der Waals surface area (Å²) in [6.07, 6.45) is -1.37. The van der Waals surface area contributed by atoms with Gasteiger partial charge in [-0.3, -0.25) is 9.59 Å². The highest BCUT2D eigenvalue weighted by Crippen LogP contribution is 2.37. The highest BCUT2D eigenvalue weighted by Gasteiger charge is 2.36. The number of nitrogens with two attached hydrogens (primary N) is 1. The van der Waals surface area contributed by atoms with Crippen LogP contribution in [0.25, 0.3) is 0 Å². The molecule has 208 valence electrons. The van der Waals surface area contributed by atoms with Crippen LogP contribution in [-0.4, -0.2) is 54.7 Å². The Balaban J connectivity index is 3.38. The fourth-order valence-electron chi connectivity index (χ4n) is 3.48. The SMILES string of the molecule is CCCOC(=O)Oc1ccc(C(C(C)C(C)OC(=O)CC(C)C)[C@H](N)C(=O)O)cc1OC(=O)OCCC. The molecule has 0 aliphatic carbocycles. The van der Waals surface area contributed by atoms with E-state index in [2.05, 4.69) is 0 Å². The molecule has 3 unspecified atom stereocenters. The highest BCUT2D eigenvalue weighted by molar-refractivity contribution is 5.75. The van der Waals surface area contributed by atoms with Crippen LogP contribution in [0.3, 0.4) is 0 Å². The second-order valence-corrected chi connectivity index (χ2v) is 9.15. The maximum Gasteiger partial charge on any atom is 0.513 e. The molecule has 11 heteroatoms. The van der Waals surface area contributed by atoms with E-state index < -0.39 is 48.2 Å². The Morgan fingerprint density at radius 2 is 1.43 bits per heavy atom. The molecule has 3 N–H and O–H groups in total. The van der Waals surface area contributed by atoms with Gasteiger partial charge >= 0.3 is 24.2 Å². The summed E-state index contributed by atoms with van der Waals surface area (Å²) in [7, 11) is 0. The molecule has 0 spiro atoms. The number of esters is 1. The number of hydrogen-bond acceptors (Lipinski definition) is 10. The largest absolute Gasteiger partial charge is 0.513 e. The van der Waals surface area contributed by atoms with Crippen molar-refractivity contribution in [2.45, 2.75) is 78.9 Å². The second kappa shape index (κ2) is 15.7. The summed E-state index contributed by atoms with van der Waals surface area (Å²) in [5.41, 5.74) is 6.42. The van der Waals surface area contributed by atoms with E-state index in [0.717, 1.165) is 0 Å². The van der Waals surface area contributed by atoms with Crippen LogP contribution in [0.2, 0.25) is 0 Å². The number of ether oxygens (including phenoxy) is 5. The van der Waals surface area contributed by atoms with E-state index in [9.17, 15) is 24.3 Å². The molecule has 0 fully saturated rings. The van der Waals surface area contributed by atoms with Gasteiger partial charge < -0.3 is 34.5 Å². The molecule has 1 aromatic rings. The van der Waals surface area contributed by atoms with Gasteiger partial charge in [0.2, 0.25) is 0 Å². The second-order valence-electron chi connectivity index (χ2n) is 9.15. The Hall–Kier alpha value is -3.34. The predicted molar refractivity (Wildman–Crippen MR) is 134 cm³/mol. The maximum atomic E-state index is 12.2. The molecule has 1 rings (SSSR count). The Kier molecular flexibility index (Phi) is 13.4. The van der Waals surface area contributed by atoms with E-state index in [1.54, 1.807) is 20.8 Å². The van der Waals surface area contributed by atoms with Gasteiger partial charge in [0.25, 0.3) is 0 Å². The number of carboxylic acid groups (broad SMARTS) is 1. The monoisotopic (exact) mass is 525 g/mol. The lowest BCUT2D eigenvalue weighted by Crippen LogP contribution is -2.42. The molecule has 0 heterocycles. The van der Waals surface area contributed by atoms with Gasteiger partial charge in [-0.25, -0.2) is 9.59 Å². The first-order valence-corrected chi connectivity index (χ1v) is 12.4. The van der Waals surface area contributed by atoms with Gasteiger partial charge in [-0.2, -0.15) is 0 Å². The maximum absolute atomic E-state index is 12.2. The lowest BCUT2D eigenvalue weighted by Gasteiger charge is -2.32. The van der Waals surface area contributed by atoms with Crippen molar-refractivity contribution < 1.29 is 48.0 Å². The number of carbonyl (C=O) groups excluding carboxylic acids is 3. The predicted octanol–water partition coefficient (Wildman–Crippen LogP) is 4.65. The molecule has 0 saturated carbocycles. The summed E-state index contributed by atoms with van der Waals surface area (Å²) < 4.78 is 25.9. The fraction of sp³-hybridized carbons (Fsp3) is 0.615. The molecule has 0 aromatic heterocycles. The number of hydrogen-bond donors (Lipinski definition) is 2. The van der Waals surface area contributed by atoms with Crippen molar-refractivity contribution >= 4 is 24.2 Å². The summed E-state index contributed by atoms with van der Waals surface area (Å²) in [6, 6.07) is 2.80. The molecular weight excluding hydrogens is 486 g/mol. The summed E-state index contributed by atoms with van der Waals surface area (Å²) in [4.78, 5) is 48.3. The molecule has 4 atom stereocenters. The zero-order valence-corrected chi connectivity index (χ0v) is 22.4. The minimum atomic E-state index is -1.39. The van der Waals surface area contributed by atoms with Gasteiger partial charge in [-0.15, -0.1) is 0 Å². The summed E-state index contributed by atoms with van der Waals surface area (Å²) in [6.45, 7) is 11.0. The summed E-state index contributed by atoms with van der Waals surface area (Å²) >= 11 is 0. The third-order valence-corrected chi connectivity index (χ3v) is 5.46. The third kappa shape index (κ3) is 10.7. The lowest BCUT2D eigenvalue weighted by molar-refractivity contribution is -0.152.